The van der Waals surface area contributed by atoms with Crippen molar-refractivity contribution in [3.05, 3.63) is 29.3 Å². The first-order chi connectivity index (χ1) is 16.4. The molecule has 0 aliphatic carbocycles. The fourth-order valence-corrected chi connectivity index (χ4v) is 4.14. The van der Waals surface area contributed by atoms with Crippen LogP contribution in [0, 0.1) is 6.92 Å². The number of rotatable bonds is 6. The number of aryl methyl sites for hydroxylation is 1. The quantitative estimate of drug-likeness (QED) is 0.312. The van der Waals surface area contributed by atoms with Gasteiger partial charge in [-0.1, -0.05) is 12.1 Å². The average Bonchev–Trinajstić information content (AvgIpc) is 3.00. The van der Waals surface area contributed by atoms with Gasteiger partial charge in [-0.2, -0.15) is 0 Å². The average molecular weight is 491 g/mol. The van der Waals surface area contributed by atoms with E-state index in [1.807, 2.05) is 0 Å². The van der Waals surface area contributed by atoms with Crippen LogP contribution in [-0.2, 0) is 47.7 Å². The molecule has 1 aromatic rings. The Morgan fingerprint density at radius 1 is 0.857 bits per heavy atom. The smallest absolute Gasteiger partial charge is 0.303 e. The van der Waals surface area contributed by atoms with Crippen LogP contribution in [0.1, 0.15) is 43.6 Å². The van der Waals surface area contributed by atoms with Crippen molar-refractivity contribution >= 4 is 41.3 Å². The number of ketones is 1. The maximum atomic E-state index is 13.1. The summed E-state index contributed by atoms with van der Waals surface area (Å²) < 4.78 is 27.1. The second kappa shape index (κ2) is 10.2. The number of amides is 1. The Bertz CT molecular complexity index is 1080. The van der Waals surface area contributed by atoms with E-state index < -0.39 is 72.8 Å². The number of hydrogen-bond acceptors (Lipinski definition) is 11. The van der Waals surface area contributed by atoms with Gasteiger partial charge < -0.3 is 23.7 Å². The van der Waals surface area contributed by atoms with E-state index in [-0.39, 0.29) is 11.3 Å². The molecule has 0 saturated carbocycles. The Morgan fingerprint density at radius 3 is 2.00 bits per heavy atom. The number of hydrogen-bond donors (Lipinski definition) is 0. The number of ether oxygens (including phenoxy) is 5. The number of anilines is 1. The zero-order chi connectivity index (χ0) is 26.0. The molecule has 0 N–H and O–H groups in total. The Balaban J connectivity index is 2.15. The topological polar surface area (TPSA) is 152 Å². The van der Waals surface area contributed by atoms with Gasteiger partial charge in [-0.05, 0) is 18.6 Å². The van der Waals surface area contributed by atoms with Gasteiger partial charge in [-0.3, -0.25) is 33.7 Å². The van der Waals surface area contributed by atoms with E-state index in [1.165, 1.54) is 6.07 Å². The van der Waals surface area contributed by atoms with Gasteiger partial charge in [-0.25, -0.2) is 0 Å². The molecule has 0 spiro atoms. The number of fused-ring (bicyclic) bond motifs is 1. The van der Waals surface area contributed by atoms with Gasteiger partial charge in [0.15, 0.2) is 24.5 Å². The van der Waals surface area contributed by atoms with Crippen molar-refractivity contribution in [2.24, 2.45) is 0 Å². The molecule has 12 heteroatoms. The number of Topliss-reactive ketones (excluding diaryl/α,β-unsaturated/α-hetero) is 1. The minimum atomic E-state index is -1.50. The Morgan fingerprint density at radius 2 is 1.43 bits per heavy atom. The predicted molar refractivity (Wildman–Crippen MR) is 115 cm³/mol. The molecule has 5 atom stereocenters. The number of esters is 4. The molecule has 1 saturated heterocycles. The SMILES string of the molecule is CC(=O)OCC1OC(N2C(=O)C(=O)c3c(C)cccc32)C(OC(C)=O)C(OC(C)=O)C1OC(C)=O. The number of carbonyl (C=O) groups is 6. The molecule has 12 nitrogen and oxygen atoms in total. The molecule has 2 aliphatic rings. The summed E-state index contributed by atoms with van der Waals surface area (Å²) in [6, 6.07) is 4.79. The third kappa shape index (κ3) is 5.32. The molecule has 5 unspecified atom stereocenters. The van der Waals surface area contributed by atoms with Crippen LogP contribution in [0.25, 0.3) is 0 Å². The third-order valence-electron chi connectivity index (χ3n) is 5.37. The van der Waals surface area contributed by atoms with E-state index in [1.54, 1.807) is 19.1 Å². The first kappa shape index (κ1) is 25.8. The minimum absolute atomic E-state index is 0.144. The van der Waals surface area contributed by atoms with Crippen molar-refractivity contribution in [1.29, 1.82) is 0 Å². The van der Waals surface area contributed by atoms with Crippen LogP contribution < -0.4 is 4.90 Å². The van der Waals surface area contributed by atoms with Crippen LogP contribution in [0.15, 0.2) is 18.2 Å². The lowest BCUT2D eigenvalue weighted by Crippen LogP contribution is -2.67. The van der Waals surface area contributed by atoms with E-state index in [2.05, 4.69) is 0 Å². The molecule has 35 heavy (non-hydrogen) atoms. The molecular weight excluding hydrogens is 466 g/mol. The van der Waals surface area contributed by atoms with Crippen molar-refractivity contribution in [2.75, 3.05) is 11.5 Å². The summed E-state index contributed by atoms with van der Waals surface area (Å²) in [6.45, 7) is 5.62. The second-order valence-electron chi connectivity index (χ2n) is 8.06. The predicted octanol–water partition coefficient (Wildman–Crippen LogP) is 0.607. The van der Waals surface area contributed by atoms with Gasteiger partial charge in [-0.15, -0.1) is 0 Å². The second-order valence-corrected chi connectivity index (χ2v) is 8.06. The highest BCUT2D eigenvalue weighted by Crippen LogP contribution is 2.38. The molecule has 1 fully saturated rings. The largest absolute Gasteiger partial charge is 0.463 e. The molecule has 188 valence electrons. The van der Waals surface area contributed by atoms with E-state index in [0.717, 1.165) is 32.6 Å². The molecule has 0 aromatic heterocycles. The lowest BCUT2D eigenvalue weighted by atomic mass is 9.96. The monoisotopic (exact) mass is 491 g/mol. The van der Waals surface area contributed by atoms with Crippen molar-refractivity contribution < 1.29 is 52.5 Å². The summed E-state index contributed by atoms with van der Waals surface area (Å²) in [4.78, 5) is 74.2. The number of benzene rings is 1. The minimum Gasteiger partial charge on any atom is -0.463 e. The molecule has 1 aromatic carbocycles. The lowest BCUT2D eigenvalue weighted by molar-refractivity contribution is -0.251. The lowest BCUT2D eigenvalue weighted by Gasteiger charge is -2.46. The summed E-state index contributed by atoms with van der Waals surface area (Å²) in [5.74, 6) is -4.84. The van der Waals surface area contributed by atoms with Crippen molar-refractivity contribution in [3.8, 4) is 0 Å². The normalized spacial score (nSPS) is 25.5. The fourth-order valence-electron chi connectivity index (χ4n) is 4.14. The van der Waals surface area contributed by atoms with Crippen LogP contribution in [0.3, 0.4) is 0 Å². The summed E-state index contributed by atoms with van der Waals surface area (Å²) in [5.41, 5.74) is 0.875. The molecule has 2 aliphatic heterocycles. The maximum Gasteiger partial charge on any atom is 0.303 e. The van der Waals surface area contributed by atoms with E-state index in [0.29, 0.717) is 5.56 Å². The molecule has 1 amide bonds. The first-order valence-electron chi connectivity index (χ1n) is 10.7. The molecular formula is C23H25NO11. The van der Waals surface area contributed by atoms with E-state index >= 15 is 0 Å². The fraction of sp³-hybridized carbons (Fsp3) is 0.478. The Kier molecular flexibility index (Phi) is 7.54. The van der Waals surface area contributed by atoms with Gasteiger partial charge in [0.1, 0.15) is 12.7 Å². The van der Waals surface area contributed by atoms with Crippen LogP contribution in [0.5, 0.6) is 0 Å². The van der Waals surface area contributed by atoms with E-state index in [4.69, 9.17) is 23.7 Å². The molecule has 0 bridgehead atoms. The maximum absolute atomic E-state index is 13.1. The van der Waals surface area contributed by atoms with Gasteiger partial charge >= 0.3 is 29.8 Å². The summed E-state index contributed by atoms with van der Waals surface area (Å²) >= 11 is 0. The zero-order valence-electron chi connectivity index (χ0n) is 19.8. The summed E-state index contributed by atoms with van der Waals surface area (Å²) in [5, 5.41) is 0. The van der Waals surface area contributed by atoms with Crippen LogP contribution in [0.2, 0.25) is 0 Å². The summed E-state index contributed by atoms with van der Waals surface area (Å²) in [6.07, 6.45) is -7.08. The van der Waals surface area contributed by atoms with Crippen molar-refractivity contribution in [1.82, 2.24) is 0 Å². The van der Waals surface area contributed by atoms with Crippen molar-refractivity contribution in [3.63, 3.8) is 0 Å². The molecule has 0 radical (unpaired) electrons. The van der Waals surface area contributed by atoms with Crippen molar-refractivity contribution in [2.45, 2.75) is 65.3 Å². The highest BCUT2D eigenvalue weighted by atomic mass is 16.7. The van der Waals surface area contributed by atoms with Gasteiger partial charge in [0.25, 0.3) is 5.78 Å². The Labute approximate surface area is 200 Å². The number of carbonyl (C=O) groups excluding carboxylic acids is 6. The van der Waals surface area contributed by atoms with Crippen LogP contribution in [-0.4, -0.2) is 72.8 Å². The standard InChI is InChI=1S/C23H25NO11/c1-10-7-6-8-15-17(10)18(29)22(30)24(15)23-21(34-14(5)28)20(33-13(4)27)19(32-12(3)26)16(35-23)9-31-11(2)25/h6-8,16,19-21,23H,9H2,1-5H3. The third-order valence-corrected chi connectivity index (χ3v) is 5.37. The van der Waals surface area contributed by atoms with Gasteiger partial charge in [0, 0.05) is 27.7 Å². The molecule has 2 heterocycles. The Hall–Kier alpha value is -3.80. The molecule has 3 rings (SSSR count). The van der Waals surface area contributed by atoms with Gasteiger partial charge in [0.2, 0.25) is 0 Å². The van der Waals surface area contributed by atoms with Crippen LogP contribution in [0.4, 0.5) is 5.69 Å². The highest BCUT2D eigenvalue weighted by molar-refractivity contribution is 6.52. The van der Waals surface area contributed by atoms with Crippen LogP contribution >= 0.6 is 0 Å². The zero-order valence-corrected chi connectivity index (χ0v) is 19.8. The van der Waals surface area contributed by atoms with E-state index in [9.17, 15) is 28.8 Å². The highest BCUT2D eigenvalue weighted by Gasteiger charge is 2.57. The number of nitrogens with zero attached hydrogens (tertiary/aromatic N) is 1. The summed E-state index contributed by atoms with van der Waals surface area (Å²) in [7, 11) is 0. The first-order valence-corrected chi connectivity index (χ1v) is 10.7. The van der Waals surface area contributed by atoms with Gasteiger partial charge in [0.05, 0.1) is 11.3 Å².